The van der Waals surface area contributed by atoms with Crippen molar-refractivity contribution in [2.24, 2.45) is 0 Å². The Kier molecular flexibility index (Phi) is 11.4. The van der Waals surface area contributed by atoms with Crippen molar-refractivity contribution >= 4 is 50.7 Å². The highest BCUT2D eigenvalue weighted by atomic mass is 35.5. The number of carbonyl (C=O) groups is 2. The van der Waals surface area contributed by atoms with Gasteiger partial charge in [0.05, 0.1) is 11.9 Å². The summed E-state index contributed by atoms with van der Waals surface area (Å²) in [5.74, 6) is -0.849. The number of hydrogen-bond donors (Lipinski definition) is 1. The quantitative estimate of drug-likeness (QED) is 0.257. The summed E-state index contributed by atoms with van der Waals surface area (Å²) in [6.07, 6.45) is 2.98. The van der Waals surface area contributed by atoms with Gasteiger partial charge < -0.3 is 10.2 Å². The molecule has 3 aromatic rings. The van der Waals surface area contributed by atoms with Gasteiger partial charge in [0, 0.05) is 29.6 Å². The summed E-state index contributed by atoms with van der Waals surface area (Å²) in [5.41, 5.74) is 2.45. The molecule has 0 radical (unpaired) electrons. The zero-order chi connectivity index (χ0) is 29.3. The SMILES string of the molecule is CCCCNC(=O)[C@H](Cc1ccccc1)N(Cc1ccccc1Cl)C(=O)CN(c1ccc(Cl)cc1C)S(C)(=O)=O. The lowest BCUT2D eigenvalue weighted by Crippen LogP contribution is -2.53. The van der Waals surface area contributed by atoms with Gasteiger partial charge in [0.1, 0.15) is 12.6 Å². The minimum atomic E-state index is -3.87. The molecule has 0 saturated heterocycles. The summed E-state index contributed by atoms with van der Waals surface area (Å²) in [5, 5.41) is 3.85. The average molecular weight is 605 g/mol. The van der Waals surface area contributed by atoms with Gasteiger partial charge in [-0.1, -0.05) is 85.1 Å². The summed E-state index contributed by atoms with van der Waals surface area (Å²) >= 11 is 12.6. The number of nitrogens with zero attached hydrogens (tertiary/aromatic N) is 2. The predicted octanol–water partition coefficient (Wildman–Crippen LogP) is 5.62. The first kappa shape index (κ1) is 31.5. The molecule has 0 aliphatic carbocycles. The molecule has 2 amide bonds. The van der Waals surface area contributed by atoms with Crippen molar-refractivity contribution in [3.05, 3.63) is 99.5 Å². The first-order valence-corrected chi connectivity index (χ1v) is 15.7. The van der Waals surface area contributed by atoms with Gasteiger partial charge in [-0.2, -0.15) is 0 Å². The number of carbonyl (C=O) groups excluding carboxylic acids is 2. The number of unbranched alkanes of at least 4 members (excludes halogenated alkanes) is 1. The van der Waals surface area contributed by atoms with Gasteiger partial charge in [-0.05, 0) is 54.3 Å². The minimum Gasteiger partial charge on any atom is -0.354 e. The Bertz CT molecular complexity index is 1420. The number of nitrogens with one attached hydrogen (secondary N) is 1. The monoisotopic (exact) mass is 603 g/mol. The van der Waals surface area contributed by atoms with Crippen molar-refractivity contribution in [1.82, 2.24) is 10.2 Å². The molecule has 0 spiro atoms. The van der Waals surface area contributed by atoms with Gasteiger partial charge in [-0.15, -0.1) is 0 Å². The fourth-order valence-corrected chi connectivity index (χ4v) is 5.69. The van der Waals surface area contributed by atoms with E-state index >= 15 is 0 Å². The van der Waals surface area contributed by atoms with Crippen molar-refractivity contribution in [3.63, 3.8) is 0 Å². The van der Waals surface area contributed by atoms with E-state index in [1.165, 1.54) is 4.90 Å². The zero-order valence-electron chi connectivity index (χ0n) is 22.9. The Morgan fingerprint density at radius 3 is 2.27 bits per heavy atom. The van der Waals surface area contributed by atoms with Crippen LogP contribution in [0.2, 0.25) is 10.0 Å². The minimum absolute atomic E-state index is 0.0222. The van der Waals surface area contributed by atoms with Crippen LogP contribution in [-0.4, -0.2) is 50.5 Å². The van der Waals surface area contributed by atoms with E-state index in [2.05, 4.69) is 5.32 Å². The molecular weight excluding hydrogens is 569 g/mol. The van der Waals surface area contributed by atoms with Crippen LogP contribution in [0.4, 0.5) is 5.69 Å². The van der Waals surface area contributed by atoms with Crippen LogP contribution in [-0.2, 0) is 32.6 Å². The van der Waals surface area contributed by atoms with Crippen molar-refractivity contribution in [2.45, 2.75) is 45.7 Å². The smallest absolute Gasteiger partial charge is 0.244 e. The van der Waals surface area contributed by atoms with Crippen molar-refractivity contribution in [2.75, 3.05) is 23.7 Å². The molecule has 1 atom stereocenters. The molecule has 0 aromatic heterocycles. The molecule has 0 unspecified atom stereocenters. The van der Waals surface area contributed by atoms with Crippen LogP contribution < -0.4 is 9.62 Å². The molecule has 1 N–H and O–H groups in total. The number of sulfonamides is 1. The second-order valence-corrected chi connectivity index (χ2v) is 12.4. The highest BCUT2D eigenvalue weighted by Crippen LogP contribution is 2.27. The Balaban J connectivity index is 2.06. The summed E-state index contributed by atoms with van der Waals surface area (Å²) in [4.78, 5) is 29.1. The Morgan fingerprint density at radius 1 is 0.975 bits per heavy atom. The first-order valence-electron chi connectivity index (χ1n) is 13.1. The second kappa shape index (κ2) is 14.5. The average Bonchev–Trinajstić information content (AvgIpc) is 2.90. The highest BCUT2D eigenvalue weighted by molar-refractivity contribution is 7.92. The molecule has 3 aromatic carbocycles. The van der Waals surface area contributed by atoms with Crippen molar-refractivity contribution in [3.8, 4) is 0 Å². The number of amides is 2. The van der Waals surface area contributed by atoms with E-state index in [0.717, 1.165) is 29.0 Å². The van der Waals surface area contributed by atoms with Gasteiger partial charge >= 0.3 is 0 Å². The third-order valence-electron chi connectivity index (χ3n) is 6.51. The number of aryl methyl sites for hydroxylation is 1. The van der Waals surface area contributed by atoms with Crippen molar-refractivity contribution < 1.29 is 18.0 Å². The van der Waals surface area contributed by atoms with E-state index in [4.69, 9.17) is 23.2 Å². The third-order valence-corrected chi connectivity index (χ3v) is 8.24. The molecule has 10 heteroatoms. The zero-order valence-corrected chi connectivity index (χ0v) is 25.3. The van der Waals surface area contributed by atoms with Crippen LogP contribution in [0.3, 0.4) is 0 Å². The van der Waals surface area contributed by atoms with E-state index in [1.54, 1.807) is 49.4 Å². The maximum Gasteiger partial charge on any atom is 0.244 e. The van der Waals surface area contributed by atoms with E-state index in [-0.39, 0.29) is 18.9 Å². The largest absolute Gasteiger partial charge is 0.354 e. The van der Waals surface area contributed by atoms with E-state index in [1.807, 2.05) is 37.3 Å². The fraction of sp³-hybridized carbons (Fsp3) is 0.333. The Morgan fingerprint density at radius 2 is 1.65 bits per heavy atom. The number of halogens is 2. The lowest BCUT2D eigenvalue weighted by Gasteiger charge is -2.34. The van der Waals surface area contributed by atoms with Gasteiger partial charge in [0.2, 0.25) is 21.8 Å². The van der Waals surface area contributed by atoms with Gasteiger partial charge in [-0.3, -0.25) is 13.9 Å². The molecule has 0 saturated carbocycles. The first-order chi connectivity index (χ1) is 19.0. The molecule has 40 heavy (non-hydrogen) atoms. The predicted molar refractivity (Wildman–Crippen MR) is 162 cm³/mol. The van der Waals surface area contributed by atoms with Crippen LogP contribution in [0.25, 0.3) is 0 Å². The number of hydrogen-bond acceptors (Lipinski definition) is 4. The molecule has 3 rings (SSSR count). The van der Waals surface area contributed by atoms with Crippen LogP contribution in [0.1, 0.15) is 36.5 Å². The van der Waals surface area contributed by atoms with Crippen molar-refractivity contribution in [1.29, 1.82) is 0 Å². The van der Waals surface area contributed by atoms with E-state index in [0.29, 0.717) is 33.4 Å². The molecule has 0 aliphatic rings. The van der Waals surface area contributed by atoms with Gasteiger partial charge in [0.25, 0.3) is 0 Å². The van der Waals surface area contributed by atoms with Gasteiger partial charge in [-0.25, -0.2) is 8.42 Å². The Labute approximate surface area is 247 Å². The second-order valence-electron chi connectivity index (χ2n) is 9.66. The molecule has 0 heterocycles. The molecule has 0 aliphatic heterocycles. The molecule has 0 bridgehead atoms. The lowest BCUT2D eigenvalue weighted by atomic mass is 10.0. The number of benzene rings is 3. The molecular formula is C30H35Cl2N3O4S. The summed E-state index contributed by atoms with van der Waals surface area (Å²) in [6.45, 7) is 3.74. The summed E-state index contributed by atoms with van der Waals surface area (Å²) in [7, 11) is -3.87. The normalized spacial score (nSPS) is 12.0. The van der Waals surface area contributed by atoms with Crippen LogP contribution in [0.15, 0.2) is 72.8 Å². The molecule has 7 nitrogen and oxygen atoms in total. The van der Waals surface area contributed by atoms with Crippen LogP contribution >= 0.6 is 23.2 Å². The van der Waals surface area contributed by atoms with Crippen LogP contribution in [0.5, 0.6) is 0 Å². The third kappa shape index (κ3) is 8.71. The summed E-state index contributed by atoms with van der Waals surface area (Å²) in [6, 6.07) is 20.4. The topological polar surface area (TPSA) is 86.8 Å². The van der Waals surface area contributed by atoms with Crippen LogP contribution in [0, 0.1) is 6.92 Å². The molecule has 214 valence electrons. The fourth-order valence-electron chi connectivity index (χ4n) is 4.36. The molecule has 0 fully saturated rings. The standard InChI is InChI=1S/C30H35Cl2N3O4S/c1-4-5-17-33-30(37)28(19-23-11-7-6-8-12-23)34(20-24-13-9-10-14-26(24)32)29(36)21-35(40(3,38)39)27-16-15-25(31)18-22(27)2/h6-16,18,28H,4-5,17,19-21H2,1-3H3,(H,33,37)/t28-/m0/s1. The van der Waals surface area contributed by atoms with Gasteiger partial charge in [0.15, 0.2) is 0 Å². The summed E-state index contributed by atoms with van der Waals surface area (Å²) < 4.78 is 26.9. The highest BCUT2D eigenvalue weighted by Gasteiger charge is 2.33. The maximum atomic E-state index is 14.1. The van der Waals surface area contributed by atoms with E-state index in [9.17, 15) is 18.0 Å². The Hall–Kier alpha value is -3.07. The lowest BCUT2D eigenvalue weighted by molar-refractivity contribution is -0.140. The number of rotatable bonds is 13. The number of anilines is 1. The maximum absolute atomic E-state index is 14.1. The van der Waals surface area contributed by atoms with E-state index < -0.39 is 28.5 Å².